The Morgan fingerprint density at radius 2 is 2.11 bits per heavy atom. The molecule has 1 N–H and O–H groups in total. The van der Waals surface area contributed by atoms with E-state index in [9.17, 15) is 21.6 Å². The summed E-state index contributed by atoms with van der Waals surface area (Å²) in [4.78, 5) is 0. The zero-order valence-electron chi connectivity index (χ0n) is 10.9. The van der Waals surface area contributed by atoms with Gasteiger partial charge in [0.05, 0.1) is 11.5 Å². The molecule has 0 aromatic carbocycles. The fourth-order valence-electron chi connectivity index (χ4n) is 2.36. The van der Waals surface area contributed by atoms with Crippen LogP contribution in [0.15, 0.2) is 0 Å². The number of rotatable bonds is 7. The first-order valence-electron chi connectivity index (χ1n) is 6.35. The third-order valence-corrected chi connectivity index (χ3v) is 5.91. The summed E-state index contributed by atoms with van der Waals surface area (Å²) in [5, 5.41) is 3.11. The summed E-state index contributed by atoms with van der Waals surface area (Å²) in [6.45, 7) is 3.25. The molecule has 1 heterocycles. The number of hydrogen-bond donors (Lipinski definition) is 1. The van der Waals surface area contributed by atoms with Crippen LogP contribution in [-0.4, -0.2) is 44.3 Å². The van der Waals surface area contributed by atoms with Gasteiger partial charge in [0, 0.05) is 5.75 Å². The molecule has 1 saturated heterocycles. The van der Waals surface area contributed by atoms with Crippen molar-refractivity contribution in [3.05, 3.63) is 0 Å². The third-order valence-electron chi connectivity index (χ3n) is 3.35. The average Bonchev–Trinajstić information content (AvgIpc) is 2.62. The van der Waals surface area contributed by atoms with Crippen molar-refractivity contribution in [1.29, 1.82) is 0 Å². The number of sulfone groups is 1. The van der Waals surface area contributed by atoms with E-state index in [4.69, 9.17) is 0 Å². The molecule has 2 atom stereocenters. The molecule has 1 aliphatic rings. The van der Waals surface area contributed by atoms with Gasteiger partial charge in [-0.25, -0.2) is 8.42 Å². The van der Waals surface area contributed by atoms with E-state index in [1.54, 1.807) is 0 Å². The maximum Gasteiger partial charge on any atom is 0.441 e. The van der Waals surface area contributed by atoms with E-state index in [0.29, 0.717) is 19.4 Å². The highest BCUT2D eigenvalue weighted by molar-refractivity contribution is 8.00. The molecule has 0 aliphatic carbocycles. The molecular weight excluding hydrogens is 299 g/mol. The van der Waals surface area contributed by atoms with Crippen molar-refractivity contribution in [3.8, 4) is 0 Å². The summed E-state index contributed by atoms with van der Waals surface area (Å²) in [5.41, 5.74) is -4.20. The molecule has 0 saturated carbocycles. The molecule has 2 unspecified atom stereocenters. The topological polar surface area (TPSA) is 46.2 Å². The number of alkyl halides is 3. The van der Waals surface area contributed by atoms with E-state index in [-0.39, 0.29) is 40.9 Å². The lowest BCUT2D eigenvalue weighted by molar-refractivity contribution is -0.0328. The van der Waals surface area contributed by atoms with Crippen LogP contribution in [-0.2, 0) is 9.84 Å². The SMILES string of the molecule is CCNCC(CCSC(F)(F)F)C1CCS(=O)(=O)C1. The van der Waals surface area contributed by atoms with Gasteiger partial charge in [0.1, 0.15) is 0 Å². The van der Waals surface area contributed by atoms with Crippen LogP contribution >= 0.6 is 11.8 Å². The normalized spacial score (nSPS) is 24.5. The molecule has 0 aromatic heterocycles. The Hall–Kier alpha value is 0.0500. The minimum atomic E-state index is -4.20. The molecule has 1 fully saturated rings. The zero-order valence-corrected chi connectivity index (χ0v) is 12.5. The van der Waals surface area contributed by atoms with Gasteiger partial charge in [0.2, 0.25) is 0 Å². The van der Waals surface area contributed by atoms with Crippen LogP contribution in [0.1, 0.15) is 19.8 Å². The van der Waals surface area contributed by atoms with Crippen LogP contribution in [0.25, 0.3) is 0 Å². The summed E-state index contributed by atoms with van der Waals surface area (Å²) in [6, 6.07) is 0. The highest BCUT2D eigenvalue weighted by Gasteiger charge is 2.34. The molecule has 0 spiro atoms. The van der Waals surface area contributed by atoms with E-state index >= 15 is 0 Å². The first-order chi connectivity index (χ1) is 8.73. The minimum Gasteiger partial charge on any atom is -0.317 e. The molecule has 3 nitrogen and oxygen atoms in total. The highest BCUT2D eigenvalue weighted by Crippen LogP contribution is 2.34. The van der Waals surface area contributed by atoms with Crippen molar-refractivity contribution in [1.82, 2.24) is 5.32 Å². The van der Waals surface area contributed by atoms with Gasteiger partial charge in [-0.1, -0.05) is 18.7 Å². The van der Waals surface area contributed by atoms with Crippen LogP contribution in [0.2, 0.25) is 0 Å². The molecule has 0 aromatic rings. The van der Waals surface area contributed by atoms with Crippen LogP contribution in [0.5, 0.6) is 0 Å². The zero-order chi connectivity index (χ0) is 14.5. The minimum absolute atomic E-state index is 0.00196. The van der Waals surface area contributed by atoms with Crippen LogP contribution < -0.4 is 5.32 Å². The van der Waals surface area contributed by atoms with E-state index in [2.05, 4.69) is 5.32 Å². The lowest BCUT2D eigenvalue weighted by atomic mass is 9.89. The fourth-order valence-corrected chi connectivity index (χ4v) is 4.93. The second kappa shape index (κ2) is 7.17. The second-order valence-corrected chi connectivity index (χ2v) is 8.20. The first-order valence-corrected chi connectivity index (χ1v) is 9.16. The lowest BCUT2D eigenvalue weighted by Gasteiger charge is -2.23. The maximum atomic E-state index is 12.1. The standard InChI is InChI=1S/C11H20F3NO2S2/c1-2-15-7-9(3-5-18-11(12,13)14)10-4-6-19(16,17)8-10/h9-10,15H,2-8H2,1H3. The Labute approximate surface area is 116 Å². The Morgan fingerprint density at radius 3 is 2.58 bits per heavy atom. The predicted molar refractivity (Wildman–Crippen MR) is 71.9 cm³/mol. The van der Waals surface area contributed by atoms with Crippen molar-refractivity contribution in [2.24, 2.45) is 11.8 Å². The van der Waals surface area contributed by atoms with E-state index in [1.807, 2.05) is 6.92 Å². The Kier molecular flexibility index (Phi) is 6.46. The van der Waals surface area contributed by atoms with Crippen molar-refractivity contribution >= 4 is 21.6 Å². The van der Waals surface area contributed by atoms with Crippen LogP contribution in [0.4, 0.5) is 13.2 Å². The summed E-state index contributed by atoms with van der Waals surface area (Å²) < 4.78 is 59.2. The molecule has 0 amide bonds. The fraction of sp³-hybridized carbons (Fsp3) is 1.00. The monoisotopic (exact) mass is 319 g/mol. The first kappa shape index (κ1) is 17.1. The molecule has 8 heteroatoms. The van der Waals surface area contributed by atoms with Crippen molar-refractivity contribution < 1.29 is 21.6 Å². The van der Waals surface area contributed by atoms with Gasteiger partial charge in [-0.05, 0) is 37.8 Å². The summed E-state index contributed by atoms with van der Waals surface area (Å²) in [6.07, 6.45) is 0.979. The van der Waals surface area contributed by atoms with E-state index in [0.717, 1.165) is 6.54 Å². The largest absolute Gasteiger partial charge is 0.441 e. The number of halogens is 3. The molecule has 114 valence electrons. The average molecular weight is 319 g/mol. The molecular formula is C11H20F3NO2S2. The Bertz CT molecular complexity index is 371. The highest BCUT2D eigenvalue weighted by atomic mass is 32.2. The van der Waals surface area contributed by atoms with Gasteiger partial charge >= 0.3 is 5.51 Å². The van der Waals surface area contributed by atoms with Gasteiger partial charge in [0.25, 0.3) is 0 Å². The van der Waals surface area contributed by atoms with Crippen molar-refractivity contribution in [2.45, 2.75) is 25.3 Å². The van der Waals surface area contributed by atoms with Crippen molar-refractivity contribution in [2.75, 3.05) is 30.3 Å². The van der Waals surface area contributed by atoms with Gasteiger partial charge < -0.3 is 5.32 Å². The second-order valence-electron chi connectivity index (χ2n) is 4.81. The molecule has 0 bridgehead atoms. The van der Waals surface area contributed by atoms with E-state index in [1.165, 1.54) is 0 Å². The van der Waals surface area contributed by atoms with Gasteiger partial charge in [-0.2, -0.15) is 13.2 Å². The number of nitrogens with one attached hydrogen (secondary N) is 1. The molecule has 19 heavy (non-hydrogen) atoms. The molecule has 1 aliphatic heterocycles. The van der Waals surface area contributed by atoms with E-state index < -0.39 is 15.3 Å². The Morgan fingerprint density at radius 1 is 1.42 bits per heavy atom. The summed E-state index contributed by atoms with van der Waals surface area (Å²) >= 11 is -0.0232. The molecule has 0 radical (unpaired) electrons. The number of hydrogen-bond acceptors (Lipinski definition) is 4. The smallest absolute Gasteiger partial charge is 0.317 e. The Balaban J connectivity index is 2.48. The lowest BCUT2D eigenvalue weighted by Crippen LogP contribution is -2.29. The summed E-state index contributed by atoms with van der Waals surface area (Å²) in [7, 11) is -2.98. The quantitative estimate of drug-likeness (QED) is 0.782. The van der Waals surface area contributed by atoms with Crippen molar-refractivity contribution in [3.63, 3.8) is 0 Å². The predicted octanol–water partition coefficient (Wildman–Crippen LogP) is 2.29. The van der Waals surface area contributed by atoms with Gasteiger partial charge in [-0.3, -0.25) is 0 Å². The van der Waals surface area contributed by atoms with Gasteiger partial charge in [-0.15, -0.1) is 0 Å². The van der Waals surface area contributed by atoms with Gasteiger partial charge in [0.15, 0.2) is 9.84 Å². The number of thioether (sulfide) groups is 1. The van der Waals surface area contributed by atoms with Crippen LogP contribution in [0.3, 0.4) is 0 Å². The molecule has 1 rings (SSSR count). The maximum absolute atomic E-state index is 12.1. The third kappa shape index (κ3) is 6.85. The van der Waals surface area contributed by atoms with Crippen LogP contribution in [0, 0.1) is 11.8 Å². The summed E-state index contributed by atoms with van der Waals surface area (Å²) in [5.74, 6) is 0.299.